The van der Waals surface area contributed by atoms with Gasteiger partial charge in [-0.1, -0.05) is 32.4 Å². The molecule has 3 rings (SSSR count). The largest absolute Gasteiger partial charge is 0.378 e. The van der Waals surface area contributed by atoms with Crippen LogP contribution in [0.5, 0.6) is 0 Å². The lowest BCUT2D eigenvalue weighted by atomic mass is 9.62. The van der Waals surface area contributed by atoms with Gasteiger partial charge < -0.3 is 4.74 Å². The highest BCUT2D eigenvalue weighted by Crippen LogP contribution is 2.72. The van der Waals surface area contributed by atoms with Crippen LogP contribution < -0.4 is 0 Å². The molecule has 0 N–H and O–H groups in total. The predicted octanol–water partition coefficient (Wildman–Crippen LogP) is 3.75. The maximum Gasteiger partial charge on any atom is 0.0587 e. The van der Waals surface area contributed by atoms with E-state index >= 15 is 0 Å². The van der Waals surface area contributed by atoms with Gasteiger partial charge in [-0.15, -0.1) is 0 Å². The zero-order valence-corrected chi connectivity index (χ0v) is 10.5. The van der Waals surface area contributed by atoms with Crippen molar-refractivity contribution in [1.82, 2.24) is 0 Å². The summed E-state index contributed by atoms with van der Waals surface area (Å²) in [5.41, 5.74) is 2.42. The minimum absolute atomic E-state index is 0. The Morgan fingerprint density at radius 2 is 2.07 bits per heavy atom. The molecular weight excluding hydrogens is 184 g/mol. The topological polar surface area (TPSA) is 9.23 Å². The van der Waals surface area contributed by atoms with E-state index in [1.807, 2.05) is 0 Å². The first-order chi connectivity index (χ1) is 6.90. The first-order valence-electron chi connectivity index (χ1n) is 6.21. The van der Waals surface area contributed by atoms with Crippen molar-refractivity contribution >= 4 is 0 Å². The van der Waals surface area contributed by atoms with Gasteiger partial charge in [-0.2, -0.15) is 0 Å². The molecule has 2 fully saturated rings. The van der Waals surface area contributed by atoms with Crippen molar-refractivity contribution in [1.29, 1.82) is 0 Å². The van der Waals surface area contributed by atoms with E-state index in [9.17, 15) is 0 Å². The quantitative estimate of drug-likeness (QED) is 0.553. The van der Waals surface area contributed by atoms with Gasteiger partial charge in [0.05, 0.1) is 12.7 Å². The molecule has 1 saturated heterocycles. The van der Waals surface area contributed by atoms with Crippen molar-refractivity contribution in [3.8, 4) is 0 Å². The number of allylic oxidation sites excluding steroid dienone is 2. The predicted molar refractivity (Wildman–Crippen MR) is 65.8 cm³/mol. The summed E-state index contributed by atoms with van der Waals surface area (Å²) in [5, 5.41) is 0. The highest BCUT2D eigenvalue weighted by atomic mass is 16.5. The molecule has 1 aliphatic heterocycles. The third-order valence-corrected chi connectivity index (χ3v) is 6.07. The van der Waals surface area contributed by atoms with E-state index in [2.05, 4.69) is 40.7 Å². The highest BCUT2D eigenvalue weighted by molar-refractivity contribution is 5.35. The molecular formula is C14H26O. The van der Waals surface area contributed by atoms with Gasteiger partial charge in [0.1, 0.15) is 0 Å². The van der Waals surface area contributed by atoms with Crippen molar-refractivity contribution in [3.05, 3.63) is 11.6 Å². The van der Waals surface area contributed by atoms with Crippen LogP contribution in [0.4, 0.5) is 0 Å². The molecule has 5 unspecified atom stereocenters. The van der Waals surface area contributed by atoms with Gasteiger partial charge in [0, 0.05) is 8.77 Å². The van der Waals surface area contributed by atoms with Crippen LogP contribution in [0.2, 0.25) is 0 Å². The third kappa shape index (κ3) is 0.824. The average Bonchev–Trinajstić information content (AvgIpc) is 2.65. The van der Waals surface area contributed by atoms with E-state index in [4.69, 9.17) is 4.74 Å². The van der Waals surface area contributed by atoms with Gasteiger partial charge in [0.25, 0.3) is 0 Å². The molecule has 15 heavy (non-hydrogen) atoms. The Kier molecular flexibility index (Phi) is 1.65. The van der Waals surface area contributed by atoms with Crippen LogP contribution in [0.1, 0.15) is 37.5 Å². The summed E-state index contributed by atoms with van der Waals surface area (Å²) in [5.74, 6) is 2.28. The fraction of sp³-hybridized carbons (Fsp3) is 0.857. The molecule has 88 valence electrons. The number of hydrogen-bond acceptors (Lipinski definition) is 1. The number of fused-ring (bicyclic) bond motifs is 5. The normalized spacial score (nSPS) is 55.7. The molecule has 0 aromatic carbocycles. The molecule has 0 aromatic heterocycles. The Hall–Kier alpha value is -0.300. The zero-order chi connectivity index (χ0) is 11.0. The molecule has 5 atom stereocenters. The maximum absolute atomic E-state index is 5.87. The van der Waals surface area contributed by atoms with E-state index in [1.54, 1.807) is 5.57 Å². The summed E-state index contributed by atoms with van der Waals surface area (Å²) in [7, 11) is 0. The average molecular weight is 210 g/mol. The lowest BCUT2D eigenvalue weighted by molar-refractivity contribution is 0.0295. The minimum atomic E-state index is 0. The minimum Gasteiger partial charge on any atom is -0.378 e. The summed E-state index contributed by atoms with van der Waals surface area (Å²) in [6.07, 6.45) is 2.98. The lowest BCUT2D eigenvalue weighted by Gasteiger charge is -2.42. The summed E-state index contributed by atoms with van der Waals surface area (Å²) >= 11 is 0. The molecule has 0 radical (unpaired) electrons. The van der Waals surface area contributed by atoms with Crippen molar-refractivity contribution in [3.63, 3.8) is 0 Å². The van der Waals surface area contributed by atoms with Gasteiger partial charge in [0.2, 0.25) is 0 Å². The SMILES string of the molecule is CC1=CC2C3COC(C)C3C1(C)C2(C)C.[HH].[HH]. The molecule has 1 heteroatoms. The smallest absolute Gasteiger partial charge is 0.0587 e. The third-order valence-electron chi connectivity index (χ3n) is 6.07. The molecule has 1 nitrogen and oxygen atoms in total. The molecule has 0 spiro atoms. The van der Waals surface area contributed by atoms with Crippen LogP contribution in [0.25, 0.3) is 0 Å². The highest BCUT2D eigenvalue weighted by Gasteiger charge is 2.68. The van der Waals surface area contributed by atoms with Crippen LogP contribution in [-0.2, 0) is 4.74 Å². The van der Waals surface area contributed by atoms with Gasteiger partial charge in [-0.3, -0.25) is 0 Å². The molecule has 3 aliphatic rings. The number of ether oxygens (including phenoxy) is 1. The van der Waals surface area contributed by atoms with E-state index < -0.39 is 0 Å². The Labute approximate surface area is 95.9 Å². The first kappa shape index (κ1) is 9.89. The number of hydrogen-bond donors (Lipinski definition) is 0. The summed E-state index contributed by atoms with van der Waals surface area (Å²) < 4.78 is 5.87. The van der Waals surface area contributed by atoms with E-state index in [-0.39, 0.29) is 2.85 Å². The molecule has 0 aromatic rings. The van der Waals surface area contributed by atoms with Crippen LogP contribution in [0.3, 0.4) is 0 Å². The van der Waals surface area contributed by atoms with Crippen molar-refractivity contribution in [2.24, 2.45) is 28.6 Å². The first-order valence-corrected chi connectivity index (χ1v) is 6.21. The Balaban J connectivity index is 0.000000722. The van der Waals surface area contributed by atoms with Crippen LogP contribution in [-0.4, -0.2) is 12.7 Å². The number of rotatable bonds is 0. The van der Waals surface area contributed by atoms with Gasteiger partial charge in [-0.05, 0) is 36.5 Å². The van der Waals surface area contributed by atoms with Crippen LogP contribution in [0.15, 0.2) is 11.6 Å². The zero-order valence-electron chi connectivity index (χ0n) is 10.5. The van der Waals surface area contributed by atoms with E-state index in [1.165, 1.54) is 0 Å². The second-order valence-corrected chi connectivity index (χ2v) is 6.53. The molecule has 0 amide bonds. The summed E-state index contributed by atoms with van der Waals surface area (Å²) in [6, 6.07) is 0. The molecule has 2 aliphatic carbocycles. The van der Waals surface area contributed by atoms with Gasteiger partial charge >= 0.3 is 0 Å². The van der Waals surface area contributed by atoms with Crippen molar-refractivity contribution < 1.29 is 7.59 Å². The summed E-state index contributed by atoms with van der Waals surface area (Å²) in [4.78, 5) is 0. The Bertz CT molecular complexity index is 350. The van der Waals surface area contributed by atoms with E-state index in [0.717, 1.165) is 24.4 Å². The monoisotopic (exact) mass is 210 g/mol. The van der Waals surface area contributed by atoms with Gasteiger partial charge in [0.15, 0.2) is 0 Å². The van der Waals surface area contributed by atoms with Crippen LogP contribution in [0, 0.1) is 28.6 Å². The second kappa shape index (κ2) is 2.51. The Morgan fingerprint density at radius 1 is 1.40 bits per heavy atom. The Morgan fingerprint density at radius 3 is 2.73 bits per heavy atom. The van der Waals surface area contributed by atoms with E-state index in [0.29, 0.717) is 16.9 Å². The molecule has 1 heterocycles. The van der Waals surface area contributed by atoms with Gasteiger partial charge in [-0.25, -0.2) is 0 Å². The maximum atomic E-state index is 5.87. The van der Waals surface area contributed by atoms with Crippen molar-refractivity contribution in [2.45, 2.75) is 40.7 Å². The lowest BCUT2D eigenvalue weighted by Crippen LogP contribution is -2.38. The van der Waals surface area contributed by atoms with Crippen LogP contribution >= 0.6 is 0 Å². The standard InChI is InChI=1S/C14H22O.2H2/c1-8-6-11-10-7-15-9(2)12(10)14(8,5)13(11,3)4;;/h6,9-12H,7H2,1-5H3;2*1H. The molecule has 2 bridgehead atoms. The van der Waals surface area contributed by atoms with Crippen molar-refractivity contribution in [2.75, 3.05) is 6.61 Å². The molecule has 1 saturated carbocycles. The fourth-order valence-corrected chi connectivity index (χ4v) is 4.90. The second-order valence-electron chi connectivity index (χ2n) is 6.53. The summed E-state index contributed by atoms with van der Waals surface area (Å²) in [6.45, 7) is 12.9. The fourth-order valence-electron chi connectivity index (χ4n) is 4.90.